The monoisotopic (exact) mass is 342 g/mol. The van der Waals surface area contributed by atoms with Gasteiger partial charge in [-0.05, 0) is 14.0 Å². The Morgan fingerprint density at radius 2 is 2.13 bits per heavy atom. The molecule has 23 heavy (non-hydrogen) atoms. The van der Waals surface area contributed by atoms with Crippen molar-refractivity contribution in [2.75, 3.05) is 12.4 Å². The largest absolute Gasteiger partial charge is 0.480 e. The lowest BCUT2D eigenvalue weighted by Gasteiger charge is -2.00. The van der Waals surface area contributed by atoms with Crippen molar-refractivity contribution in [3.8, 4) is 0 Å². The van der Waals surface area contributed by atoms with Gasteiger partial charge < -0.3 is 14.8 Å². The van der Waals surface area contributed by atoms with Gasteiger partial charge in [-0.1, -0.05) is 0 Å². The van der Waals surface area contributed by atoms with E-state index in [1.165, 1.54) is 26.2 Å². The lowest BCUT2D eigenvalue weighted by Crippen LogP contribution is -2.18. The fourth-order valence-electron chi connectivity index (χ4n) is 1.75. The van der Waals surface area contributed by atoms with E-state index in [0.29, 0.717) is 0 Å². The van der Waals surface area contributed by atoms with Crippen LogP contribution in [0.5, 0.6) is 0 Å². The van der Waals surface area contributed by atoms with Crippen LogP contribution in [-0.4, -0.2) is 42.2 Å². The van der Waals surface area contributed by atoms with Crippen molar-refractivity contribution < 1.29 is 27.5 Å². The summed E-state index contributed by atoms with van der Waals surface area (Å²) in [4.78, 5) is 22.7. The molecule has 11 heteroatoms. The lowest BCUT2D eigenvalue weighted by molar-refractivity contribution is -0.137. The molecule has 0 aliphatic heterocycles. The Balaban J connectivity index is 2.18. The van der Waals surface area contributed by atoms with Gasteiger partial charge in [-0.15, -0.1) is 0 Å². The molecule has 1 amide bonds. The number of carboxylic acids is 1. The third-order valence-corrected chi connectivity index (χ3v) is 4.12. The molecule has 0 radical (unpaired) electrons. The number of sulfonamides is 1. The fraction of sp³-hybridized carbons (Fsp3) is 0.250. The van der Waals surface area contributed by atoms with Crippen LogP contribution < -0.4 is 10.0 Å². The van der Waals surface area contributed by atoms with Crippen LogP contribution in [0.1, 0.15) is 16.1 Å². The van der Waals surface area contributed by atoms with Crippen molar-refractivity contribution in [1.82, 2.24) is 14.5 Å². The van der Waals surface area contributed by atoms with E-state index >= 15 is 0 Å². The molecule has 124 valence electrons. The van der Waals surface area contributed by atoms with Gasteiger partial charge >= 0.3 is 5.97 Å². The maximum absolute atomic E-state index is 12.1. The first-order valence-corrected chi connectivity index (χ1v) is 7.82. The number of hydrogen-bond acceptors (Lipinski definition) is 6. The highest BCUT2D eigenvalue weighted by molar-refractivity contribution is 7.89. The van der Waals surface area contributed by atoms with Gasteiger partial charge in [0.05, 0.1) is 5.56 Å². The van der Waals surface area contributed by atoms with Crippen molar-refractivity contribution in [2.24, 2.45) is 0 Å². The maximum atomic E-state index is 12.1. The molecular formula is C12H14N4O6S. The summed E-state index contributed by atoms with van der Waals surface area (Å²) in [7, 11) is -2.57. The van der Waals surface area contributed by atoms with Gasteiger partial charge in [0.1, 0.15) is 12.3 Å². The summed E-state index contributed by atoms with van der Waals surface area (Å²) < 4.78 is 31.6. The highest BCUT2D eigenvalue weighted by Gasteiger charge is 2.23. The minimum absolute atomic E-state index is 0.0339. The Bertz CT molecular complexity index is 851. The number of anilines is 1. The number of amides is 1. The predicted molar refractivity (Wildman–Crippen MR) is 77.5 cm³/mol. The standard InChI is InChI=1S/C12H14N4O6S/c1-7-8(5-11(22-7)23(20,21)13-2)12(19)14-9-3-4-16(15-9)6-10(17)18/h3-5,13H,6H2,1-2H3,(H,17,18)(H,14,15,19). The van der Waals surface area contributed by atoms with E-state index in [1.807, 2.05) is 0 Å². The first-order chi connectivity index (χ1) is 10.7. The number of carboxylic acid groups (broad SMARTS) is 1. The fourth-order valence-corrected chi connectivity index (χ4v) is 2.46. The zero-order chi connectivity index (χ0) is 17.2. The number of nitrogens with one attached hydrogen (secondary N) is 2. The van der Waals surface area contributed by atoms with E-state index in [-0.39, 0.29) is 28.8 Å². The van der Waals surface area contributed by atoms with E-state index in [1.54, 1.807) is 0 Å². The zero-order valence-electron chi connectivity index (χ0n) is 12.2. The average Bonchev–Trinajstić information content (AvgIpc) is 3.05. The second-order valence-electron chi connectivity index (χ2n) is 4.49. The molecule has 0 spiro atoms. The minimum atomic E-state index is -3.80. The van der Waals surface area contributed by atoms with E-state index in [2.05, 4.69) is 15.1 Å². The van der Waals surface area contributed by atoms with Crippen LogP contribution in [0.3, 0.4) is 0 Å². The van der Waals surface area contributed by atoms with E-state index in [0.717, 1.165) is 10.7 Å². The number of rotatable bonds is 6. The quantitative estimate of drug-likeness (QED) is 0.671. The smallest absolute Gasteiger partial charge is 0.325 e. The van der Waals surface area contributed by atoms with Crippen LogP contribution in [0.4, 0.5) is 5.82 Å². The molecule has 0 bridgehead atoms. The summed E-state index contributed by atoms with van der Waals surface area (Å²) in [6.07, 6.45) is 1.39. The molecule has 10 nitrogen and oxygen atoms in total. The first-order valence-electron chi connectivity index (χ1n) is 6.33. The van der Waals surface area contributed by atoms with Gasteiger partial charge in [-0.2, -0.15) is 5.10 Å². The first kappa shape index (κ1) is 16.7. The lowest BCUT2D eigenvalue weighted by atomic mass is 10.2. The second-order valence-corrected chi connectivity index (χ2v) is 6.31. The van der Waals surface area contributed by atoms with Crippen LogP contribution in [-0.2, 0) is 21.4 Å². The summed E-state index contributed by atoms with van der Waals surface area (Å²) in [5.41, 5.74) is 0.0339. The van der Waals surface area contributed by atoms with Crippen LogP contribution in [0.15, 0.2) is 27.8 Å². The molecule has 3 N–H and O–H groups in total. The van der Waals surface area contributed by atoms with Crippen LogP contribution in [0.25, 0.3) is 0 Å². The van der Waals surface area contributed by atoms with Gasteiger partial charge in [0.25, 0.3) is 15.9 Å². The SMILES string of the molecule is CNS(=O)(=O)c1cc(C(=O)Nc2ccn(CC(=O)O)n2)c(C)o1. The molecule has 0 fully saturated rings. The van der Waals surface area contributed by atoms with Gasteiger partial charge in [0, 0.05) is 18.3 Å². The molecule has 0 saturated heterocycles. The zero-order valence-corrected chi connectivity index (χ0v) is 13.0. The molecule has 0 atom stereocenters. The van der Waals surface area contributed by atoms with Gasteiger partial charge in [-0.25, -0.2) is 13.1 Å². The third-order valence-electron chi connectivity index (χ3n) is 2.85. The van der Waals surface area contributed by atoms with Crippen LogP contribution >= 0.6 is 0 Å². The highest BCUT2D eigenvalue weighted by atomic mass is 32.2. The van der Waals surface area contributed by atoms with Crippen molar-refractivity contribution >= 4 is 27.7 Å². The van der Waals surface area contributed by atoms with E-state index < -0.39 is 21.9 Å². The van der Waals surface area contributed by atoms with Crippen molar-refractivity contribution in [1.29, 1.82) is 0 Å². The molecule has 0 saturated carbocycles. The Hall–Kier alpha value is -2.66. The Labute approximate surface area is 131 Å². The van der Waals surface area contributed by atoms with Crippen molar-refractivity contribution in [2.45, 2.75) is 18.6 Å². The number of aliphatic carboxylic acids is 1. The molecular weight excluding hydrogens is 328 g/mol. The molecule has 0 aromatic carbocycles. The van der Waals surface area contributed by atoms with Gasteiger partial charge in [0.15, 0.2) is 5.82 Å². The van der Waals surface area contributed by atoms with Crippen molar-refractivity contribution in [3.05, 3.63) is 29.7 Å². The minimum Gasteiger partial charge on any atom is -0.480 e. The topological polar surface area (TPSA) is 144 Å². The number of aromatic nitrogens is 2. The molecule has 0 aliphatic carbocycles. The van der Waals surface area contributed by atoms with Gasteiger partial charge in [-0.3, -0.25) is 14.3 Å². The molecule has 2 heterocycles. The third kappa shape index (κ3) is 3.76. The molecule has 0 unspecified atom stereocenters. The summed E-state index contributed by atoms with van der Waals surface area (Å²) in [6, 6.07) is 2.52. The molecule has 2 aromatic rings. The molecule has 2 rings (SSSR count). The Morgan fingerprint density at radius 1 is 1.43 bits per heavy atom. The summed E-state index contributed by atoms with van der Waals surface area (Å²) in [5.74, 6) is -1.43. The van der Waals surface area contributed by atoms with E-state index in [4.69, 9.17) is 9.52 Å². The number of furan rings is 1. The summed E-state index contributed by atoms with van der Waals surface area (Å²) in [5, 5.41) is 14.6. The Kier molecular flexibility index (Phi) is 4.52. The number of carbonyl (C=O) groups excluding carboxylic acids is 1. The molecule has 2 aromatic heterocycles. The normalized spacial score (nSPS) is 11.4. The number of aryl methyl sites for hydroxylation is 1. The van der Waals surface area contributed by atoms with Crippen molar-refractivity contribution in [3.63, 3.8) is 0 Å². The predicted octanol–water partition coefficient (Wildman–Crippen LogP) is 0.0295. The summed E-state index contributed by atoms with van der Waals surface area (Å²) >= 11 is 0. The molecule has 0 aliphatic rings. The van der Waals surface area contributed by atoms with E-state index in [9.17, 15) is 18.0 Å². The van der Waals surface area contributed by atoms with Crippen LogP contribution in [0, 0.1) is 6.92 Å². The number of hydrogen-bond donors (Lipinski definition) is 3. The number of carbonyl (C=O) groups is 2. The Morgan fingerprint density at radius 3 is 2.74 bits per heavy atom. The number of nitrogens with zero attached hydrogens (tertiary/aromatic N) is 2. The maximum Gasteiger partial charge on any atom is 0.325 e. The highest BCUT2D eigenvalue weighted by Crippen LogP contribution is 2.20. The van der Waals surface area contributed by atoms with Crippen LogP contribution in [0.2, 0.25) is 0 Å². The second kappa shape index (κ2) is 6.22. The average molecular weight is 342 g/mol. The summed E-state index contributed by atoms with van der Waals surface area (Å²) in [6.45, 7) is 1.11. The van der Waals surface area contributed by atoms with Gasteiger partial charge in [0.2, 0.25) is 5.09 Å².